The van der Waals surface area contributed by atoms with Gasteiger partial charge in [-0.2, -0.15) is 0 Å². The predicted octanol–water partition coefficient (Wildman–Crippen LogP) is 2.01. The number of hydrogen-bond donors (Lipinski definition) is 0. The topological polar surface area (TPSA) is 43.1 Å². The second-order valence-electron chi connectivity index (χ2n) is 2.15. The molecule has 0 spiro atoms. The molecule has 1 unspecified atom stereocenters. The number of hydrogen-bond acceptors (Lipinski definition) is 2. The number of rotatable bonds is 4. The first kappa shape index (κ1) is 9.14. The molecule has 0 N–H and O–H groups in total. The van der Waals surface area contributed by atoms with Crippen LogP contribution in [0, 0.1) is 10.1 Å². The summed E-state index contributed by atoms with van der Waals surface area (Å²) in [7, 11) is 0. The number of nitrogens with zero attached hydrogens (tertiary/aromatic N) is 1. The van der Waals surface area contributed by atoms with Gasteiger partial charge in [0.05, 0.1) is 0 Å². The van der Waals surface area contributed by atoms with E-state index in [9.17, 15) is 10.1 Å². The van der Waals surface area contributed by atoms with E-state index in [2.05, 4.69) is 0 Å². The van der Waals surface area contributed by atoms with Gasteiger partial charge in [-0.05, 0) is 6.92 Å². The fourth-order valence-corrected chi connectivity index (χ4v) is 0.695. The third-order valence-corrected chi connectivity index (χ3v) is 1.41. The van der Waals surface area contributed by atoms with Crippen LogP contribution in [0.15, 0.2) is 12.2 Å². The molecule has 0 heterocycles. The minimum absolute atomic E-state index is 0.222. The molecular formula is C7H13NO2. The summed E-state index contributed by atoms with van der Waals surface area (Å²) in [5.74, 6) is 0. The van der Waals surface area contributed by atoms with E-state index in [-0.39, 0.29) is 4.92 Å². The Bertz CT molecular complexity index is 132. The van der Waals surface area contributed by atoms with Gasteiger partial charge in [0, 0.05) is 17.8 Å². The molecule has 0 saturated heterocycles. The quantitative estimate of drug-likeness (QED) is 0.343. The van der Waals surface area contributed by atoms with Crippen LogP contribution in [-0.2, 0) is 0 Å². The van der Waals surface area contributed by atoms with E-state index in [0.717, 1.165) is 0 Å². The van der Waals surface area contributed by atoms with Crippen LogP contribution in [0.25, 0.3) is 0 Å². The van der Waals surface area contributed by atoms with Crippen molar-refractivity contribution in [2.24, 2.45) is 0 Å². The SMILES string of the molecule is C/C=C\CC(CC)[N+](=O)[O-]. The van der Waals surface area contributed by atoms with E-state index in [0.29, 0.717) is 12.8 Å². The monoisotopic (exact) mass is 143 g/mol. The number of nitro groups is 1. The normalized spacial score (nSPS) is 13.8. The Labute approximate surface area is 60.9 Å². The molecule has 0 rings (SSSR count). The first-order valence-electron chi connectivity index (χ1n) is 3.47. The zero-order valence-corrected chi connectivity index (χ0v) is 6.41. The van der Waals surface area contributed by atoms with Crippen molar-refractivity contribution in [2.75, 3.05) is 0 Å². The summed E-state index contributed by atoms with van der Waals surface area (Å²) in [6, 6.07) is -0.392. The highest BCUT2D eigenvalue weighted by Crippen LogP contribution is 2.02. The average Bonchev–Trinajstić information content (AvgIpc) is 1.89. The summed E-state index contributed by atoms with van der Waals surface area (Å²) >= 11 is 0. The van der Waals surface area contributed by atoms with Crippen molar-refractivity contribution >= 4 is 0 Å². The standard InChI is InChI=1S/C7H13NO2/c1-3-5-6-7(4-2)8(9)10/h3,5,7H,4,6H2,1-2H3/b5-3-. The molecule has 0 aromatic heterocycles. The molecule has 3 nitrogen and oxygen atoms in total. The van der Waals surface area contributed by atoms with Gasteiger partial charge < -0.3 is 0 Å². The van der Waals surface area contributed by atoms with Crippen molar-refractivity contribution in [3.05, 3.63) is 22.3 Å². The van der Waals surface area contributed by atoms with Gasteiger partial charge in [0.1, 0.15) is 0 Å². The van der Waals surface area contributed by atoms with Gasteiger partial charge in [-0.3, -0.25) is 10.1 Å². The lowest BCUT2D eigenvalue weighted by Crippen LogP contribution is -2.16. The molecule has 0 fully saturated rings. The fraction of sp³-hybridized carbons (Fsp3) is 0.714. The van der Waals surface area contributed by atoms with Crippen molar-refractivity contribution in [3.63, 3.8) is 0 Å². The second kappa shape index (κ2) is 4.97. The maximum absolute atomic E-state index is 10.2. The molecule has 1 atom stereocenters. The van der Waals surface area contributed by atoms with E-state index in [4.69, 9.17) is 0 Å². The van der Waals surface area contributed by atoms with E-state index in [1.165, 1.54) is 0 Å². The van der Waals surface area contributed by atoms with E-state index in [1.807, 2.05) is 26.0 Å². The van der Waals surface area contributed by atoms with Gasteiger partial charge >= 0.3 is 0 Å². The molecule has 0 aromatic rings. The molecule has 0 aliphatic rings. The van der Waals surface area contributed by atoms with Crippen molar-refractivity contribution in [3.8, 4) is 0 Å². The summed E-state index contributed by atoms with van der Waals surface area (Å²) in [5, 5.41) is 10.2. The van der Waals surface area contributed by atoms with E-state index in [1.54, 1.807) is 0 Å². The highest BCUT2D eigenvalue weighted by Gasteiger charge is 2.13. The third-order valence-electron chi connectivity index (χ3n) is 1.41. The highest BCUT2D eigenvalue weighted by molar-refractivity contribution is 4.79. The molecule has 0 amide bonds. The zero-order chi connectivity index (χ0) is 7.98. The Morgan fingerprint density at radius 3 is 2.60 bits per heavy atom. The van der Waals surface area contributed by atoms with Crippen LogP contribution in [0.3, 0.4) is 0 Å². The Kier molecular flexibility index (Phi) is 4.54. The molecular weight excluding hydrogens is 130 g/mol. The van der Waals surface area contributed by atoms with Crippen LogP contribution < -0.4 is 0 Å². The lowest BCUT2D eigenvalue weighted by molar-refractivity contribution is -0.521. The summed E-state index contributed by atoms with van der Waals surface area (Å²) in [5.41, 5.74) is 0. The minimum atomic E-state index is -0.392. The van der Waals surface area contributed by atoms with Gasteiger partial charge in [0.15, 0.2) is 0 Å². The summed E-state index contributed by atoms with van der Waals surface area (Å²) < 4.78 is 0. The second-order valence-corrected chi connectivity index (χ2v) is 2.15. The van der Waals surface area contributed by atoms with E-state index < -0.39 is 6.04 Å². The first-order valence-corrected chi connectivity index (χ1v) is 3.47. The van der Waals surface area contributed by atoms with Crippen LogP contribution >= 0.6 is 0 Å². The van der Waals surface area contributed by atoms with Crippen LogP contribution in [0.5, 0.6) is 0 Å². The van der Waals surface area contributed by atoms with Gasteiger partial charge in [-0.25, -0.2) is 0 Å². The summed E-state index contributed by atoms with van der Waals surface area (Å²) in [6.07, 6.45) is 4.83. The van der Waals surface area contributed by atoms with Crippen molar-refractivity contribution in [1.29, 1.82) is 0 Å². The maximum atomic E-state index is 10.2. The third kappa shape index (κ3) is 3.22. The Hall–Kier alpha value is -0.860. The van der Waals surface area contributed by atoms with Gasteiger partial charge in [-0.15, -0.1) is 0 Å². The van der Waals surface area contributed by atoms with Gasteiger partial charge in [0.25, 0.3) is 0 Å². The molecule has 58 valence electrons. The Morgan fingerprint density at radius 2 is 2.30 bits per heavy atom. The average molecular weight is 143 g/mol. The zero-order valence-electron chi connectivity index (χ0n) is 6.41. The van der Waals surface area contributed by atoms with Crippen LogP contribution in [0.1, 0.15) is 26.7 Å². The molecule has 0 saturated carbocycles. The molecule has 10 heavy (non-hydrogen) atoms. The van der Waals surface area contributed by atoms with E-state index >= 15 is 0 Å². The molecule has 0 radical (unpaired) electrons. The highest BCUT2D eigenvalue weighted by atomic mass is 16.6. The first-order chi connectivity index (χ1) is 4.72. The van der Waals surface area contributed by atoms with Crippen molar-refractivity contribution < 1.29 is 4.92 Å². The van der Waals surface area contributed by atoms with Crippen LogP contribution in [-0.4, -0.2) is 11.0 Å². The molecule has 0 bridgehead atoms. The smallest absolute Gasteiger partial charge is 0.216 e. The molecule has 0 aliphatic heterocycles. The minimum Gasteiger partial charge on any atom is -0.264 e. The molecule has 0 aromatic carbocycles. The Balaban J connectivity index is 3.71. The lowest BCUT2D eigenvalue weighted by Gasteiger charge is -2.01. The maximum Gasteiger partial charge on any atom is 0.216 e. The van der Waals surface area contributed by atoms with Crippen LogP contribution in [0.2, 0.25) is 0 Å². The molecule has 0 aliphatic carbocycles. The summed E-state index contributed by atoms with van der Waals surface area (Å²) in [4.78, 5) is 9.99. The summed E-state index contributed by atoms with van der Waals surface area (Å²) in [6.45, 7) is 3.70. The largest absolute Gasteiger partial charge is 0.264 e. The predicted molar refractivity (Wildman–Crippen MR) is 40.5 cm³/mol. The van der Waals surface area contributed by atoms with Crippen molar-refractivity contribution in [1.82, 2.24) is 0 Å². The van der Waals surface area contributed by atoms with Gasteiger partial charge in [0.2, 0.25) is 6.04 Å². The fourth-order valence-electron chi connectivity index (χ4n) is 0.695. The molecule has 3 heteroatoms. The Morgan fingerprint density at radius 1 is 1.70 bits per heavy atom. The number of allylic oxidation sites excluding steroid dienone is 1. The lowest BCUT2D eigenvalue weighted by atomic mass is 10.1. The van der Waals surface area contributed by atoms with Gasteiger partial charge in [-0.1, -0.05) is 19.1 Å². The van der Waals surface area contributed by atoms with Crippen molar-refractivity contribution in [2.45, 2.75) is 32.7 Å². The van der Waals surface area contributed by atoms with Crippen LogP contribution in [0.4, 0.5) is 0 Å².